The van der Waals surface area contributed by atoms with Gasteiger partial charge < -0.3 is 5.32 Å². The van der Waals surface area contributed by atoms with Crippen LogP contribution in [0.25, 0.3) is 6.08 Å². The first kappa shape index (κ1) is 9.57. The van der Waals surface area contributed by atoms with Crippen molar-refractivity contribution in [3.05, 3.63) is 41.5 Å². The van der Waals surface area contributed by atoms with Crippen LogP contribution < -0.4 is 5.32 Å². The molecule has 0 saturated carbocycles. The van der Waals surface area contributed by atoms with E-state index in [1.165, 1.54) is 5.56 Å². The van der Waals surface area contributed by atoms with E-state index in [9.17, 15) is 0 Å². The maximum absolute atomic E-state index is 5.24. The molecule has 1 heteroatoms. The van der Waals surface area contributed by atoms with Gasteiger partial charge in [0.15, 0.2) is 0 Å². The Morgan fingerprint density at radius 1 is 1.38 bits per heavy atom. The van der Waals surface area contributed by atoms with Gasteiger partial charge in [0.05, 0.1) is 0 Å². The molecular formula is C12H13N. The van der Waals surface area contributed by atoms with Crippen molar-refractivity contribution in [1.29, 1.82) is 0 Å². The normalized spacial score (nSPS) is 10.2. The fourth-order valence-corrected chi connectivity index (χ4v) is 1.00. The topological polar surface area (TPSA) is 12.0 Å². The molecule has 0 atom stereocenters. The van der Waals surface area contributed by atoms with Crippen LogP contribution in [0.3, 0.4) is 0 Å². The van der Waals surface area contributed by atoms with Crippen LogP contribution in [0.15, 0.2) is 30.3 Å². The largest absolute Gasteiger partial charge is 0.316 e. The third-order valence-corrected chi connectivity index (χ3v) is 1.71. The van der Waals surface area contributed by atoms with Crippen LogP contribution in [0.2, 0.25) is 0 Å². The minimum atomic E-state index is 0.886. The first-order valence-corrected chi connectivity index (χ1v) is 4.24. The van der Waals surface area contributed by atoms with Crippen molar-refractivity contribution >= 4 is 6.08 Å². The van der Waals surface area contributed by atoms with Crippen LogP contribution in [0.1, 0.15) is 11.1 Å². The highest BCUT2D eigenvalue weighted by Gasteiger charge is 1.86. The third-order valence-electron chi connectivity index (χ3n) is 1.71. The molecule has 1 aromatic carbocycles. The molecule has 0 aliphatic rings. The van der Waals surface area contributed by atoms with Gasteiger partial charge in [-0.05, 0) is 24.7 Å². The zero-order valence-electron chi connectivity index (χ0n) is 7.75. The van der Waals surface area contributed by atoms with Gasteiger partial charge in [-0.1, -0.05) is 30.2 Å². The summed E-state index contributed by atoms with van der Waals surface area (Å²) in [6.45, 7) is 0.886. The van der Waals surface area contributed by atoms with Gasteiger partial charge in [0.2, 0.25) is 0 Å². The lowest BCUT2D eigenvalue weighted by molar-refractivity contribution is 0.922. The number of rotatable bonds is 3. The summed E-state index contributed by atoms with van der Waals surface area (Å²) < 4.78 is 0. The molecule has 0 bridgehead atoms. The van der Waals surface area contributed by atoms with Crippen molar-refractivity contribution in [1.82, 2.24) is 5.32 Å². The lowest BCUT2D eigenvalue weighted by atomic mass is 10.1. The first-order chi connectivity index (χ1) is 6.36. The second kappa shape index (κ2) is 5.18. The van der Waals surface area contributed by atoms with Gasteiger partial charge in [-0.15, -0.1) is 6.42 Å². The third kappa shape index (κ3) is 3.14. The van der Waals surface area contributed by atoms with Gasteiger partial charge in [-0.25, -0.2) is 0 Å². The molecule has 66 valence electrons. The van der Waals surface area contributed by atoms with Crippen LogP contribution >= 0.6 is 0 Å². The average Bonchev–Trinajstić information content (AvgIpc) is 2.19. The molecule has 0 amide bonds. The minimum absolute atomic E-state index is 0.886. The summed E-state index contributed by atoms with van der Waals surface area (Å²) in [4.78, 5) is 0. The number of benzene rings is 1. The van der Waals surface area contributed by atoms with Gasteiger partial charge >= 0.3 is 0 Å². The smallest absolute Gasteiger partial charge is 0.0243 e. The Hall–Kier alpha value is -1.52. The van der Waals surface area contributed by atoms with Crippen molar-refractivity contribution in [2.24, 2.45) is 0 Å². The van der Waals surface area contributed by atoms with E-state index < -0.39 is 0 Å². The van der Waals surface area contributed by atoms with E-state index in [-0.39, 0.29) is 0 Å². The summed E-state index contributed by atoms with van der Waals surface area (Å²) in [5, 5.41) is 3.04. The minimum Gasteiger partial charge on any atom is -0.316 e. The molecule has 1 aromatic rings. The van der Waals surface area contributed by atoms with Crippen LogP contribution in [-0.2, 0) is 0 Å². The van der Waals surface area contributed by atoms with Crippen molar-refractivity contribution < 1.29 is 0 Å². The Kier molecular flexibility index (Phi) is 3.81. The fraction of sp³-hybridized carbons (Fsp3) is 0.167. The molecular weight excluding hydrogens is 158 g/mol. The molecule has 0 aliphatic carbocycles. The highest BCUT2D eigenvalue weighted by Crippen LogP contribution is 2.04. The van der Waals surface area contributed by atoms with Gasteiger partial charge in [0.1, 0.15) is 0 Å². The van der Waals surface area contributed by atoms with E-state index in [1.807, 2.05) is 31.3 Å². The molecule has 0 heterocycles. The first-order valence-electron chi connectivity index (χ1n) is 4.24. The summed E-state index contributed by atoms with van der Waals surface area (Å²) in [6.07, 6.45) is 9.38. The average molecular weight is 171 g/mol. The Balaban J connectivity index is 2.65. The Bertz CT molecular complexity index is 314. The molecule has 1 rings (SSSR count). The number of hydrogen-bond donors (Lipinski definition) is 1. The number of terminal acetylenes is 1. The Labute approximate surface area is 79.5 Å². The Morgan fingerprint density at radius 2 is 2.08 bits per heavy atom. The fourth-order valence-electron chi connectivity index (χ4n) is 1.00. The molecule has 0 saturated heterocycles. The molecule has 0 radical (unpaired) electrons. The maximum Gasteiger partial charge on any atom is 0.0243 e. The predicted molar refractivity (Wildman–Crippen MR) is 57.3 cm³/mol. The summed E-state index contributed by atoms with van der Waals surface area (Å²) >= 11 is 0. The van der Waals surface area contributed by atoms with Crippen molar-refractivity contribution in [3.8, 4) is 12.3 Å². The molecule has 0 aromatic heterocycles. The molecule has 1 N–H and O–H groups in total. The number of hydrogen-bond acceptors (Lipinski definition) is 1. The molecule has 0 spiro atoms. The predicted octanol–water partition coefficient (Wildman–Crippen LogP) is 1.90. The summed E-state index contributed by atoms with van der Waals surface area (Å²) in [5.74, 6) is 2.58. The second-order valence-electron chi connectivity index (χ2n) is 2.73. The van der Waals surface area contributed by atoms with E-state index >= 15 is 0 Å². The van der Waals surface area contributed by atoms with Gasteiger partial charge in [0.25, 0.3) is 0 Å². The van der Waals surface area contributed by atoms with Crippen LogP contribution in [0, 0.1) is 12.3 Å². The maximum atomic E-state index is 5.24. The van der Waals surface area contributed by atoms with Crippen molar-refractivity contribution in [3.63, 3.8) is 0 Å². The lowest BCUT2D eigenvalue weighted by Crippen LogP contribution is -2.03. The summed E-state index contributed by atoms with van der Waals surface area (Å²) in [5.41, 5.74) is 2.10. The summed E-state index contributed by atoms with van der Waals surface area (Å²) in [6, 6.07) is 7.92. The second-order valence-corrected chi connectivity index (χ2v) is 2.73. The summed E-state index contributed by atoms with van der Waals surface area (Å²) in [7, 11) is 1.92. The van der Waals surface area contributed by atoms with E-state index in [2.05, 4.69) is 23.4 Å². The number of nitrogens with one attached hydrogen (secondary N) is 1. The molecule has 13 heavy (non-hydrogen) atoms. The highest BCUT2D eigenvalue weighted by molar-refractivity contribution is 5.51. The zero-order chi connectivity index (χ0) is 9.52. The highest BCUT2D eigenvalue weighted by atomic mass is 14.8. The zero-order valence-corrected chi connectivity index (χ0v) is 7.75. The monoisotopic (exact) mass is 171 g/mol. The van der Waals surface area contributed by atoms with Gasteiger partial charge in [-0.3, -0.25) is 0 Å². The van der Waals surface area contributed by atoms with E-state index in [0.717, 1.165) is 12.1 Å². The van der Waals surface area contributed by atoms with Crippen molar-refractivity contribution in [2.45, 2.75) is 0 Å². The Morgan fingerprint density at radius 3 is 2.62 bits per heavy atom. The van der Waals surface area contributed by atoms with Crippen molar-refractivity contribution in [2.75, 3.05) is 13.6 Å². The van der Waals surface area contributed by atoms with Gasteiger partial charge in [-0.2, -0.15) is 0 Å². The SMILES string of the molecule is C#Cc1ccc(C=CCNC)cc1. The molecule has 0 aliphatic heterocycles. The van der Waals surface area contributed by atoms with Crippen LogP contribution in [0.5, 0.6) is 0 Å². The van der Waals surface area contributed by atoms with Gasteiger partial charge in [0, 0.05) is 12.1 Å². The molecule has 0 fully saturated rings. The van der Waals surface area contributed by atoms with E-state index in [0.29, 0.717) is 0 Å². The standard InChI is InChI=1S/C12H13N/c1-3-11-6-8-12(9-7-11)5-4-10-13-2/h1,4-9,13H,10H2,2H3. The van der Waals surface area contributed by atoms with Crippen LogP contribution in [0.4, 0.5) is 0 Å². The molecule has 0 unspecified atom stereocenters. The molecule has 1 nitrogen and oxygen atoms in total. The van der Waals surface area contributed by atoms with E-state index in [4.69, 9.17) is 6.42 Å². The quantitative estimate of drug-likeness (QED) is 0.685. The lowest BCUT2D eigenvalue weighted by Gasteiger charge is -1.94. The van der Waals surface area contributed by atoms with E-state index in [1.54, 1.807) is 0 Å². The van der Waals surface area contributed by atoms with Crippen LogP contribution in [-0.4, -0.2) is 13.6 Å². The number of likely N-dealkylation sites (N-methyl/N-ethyl adjacent to an activating group) is 1.